The zero-order valence-electron chi connectivity index (χ0n) is 14.0. The molecule has 2 rings (SSSR count). The van der Waals surface area contributed by atoms with Crippen LogP contribution in [0.25, 0.3) is 0 Å². The van der Waals surface area contributed by atoms with Gasteiger partial charge in [-0.2, -0.15) is 0 Å². The van der Waals surface area contributed by atoms with Crippen molar-refractivity contribution in [3.63, 3.8) is 0 Å². The number of carbonyl (C=O) groups is 1. The van der Waals surface area contributed by atoms with Crippen molar-refractivity contribution < 1.29 is 24.1 Å². The van der Waals surface area contributed by atoms with Gasteiger partial charge in [0, 0.05) is 31.2 Å². The summed E-state index contributed by atoms with van der Waals surface area (Å²) < 4.78 is 16.9. The first kappa shape index (κ1) is 17.4. The topological polar surface area (TPSA) is 68.2 Å². The average molecular weight is 323 g/mol. The van der Waals surface area contributed by atoms with Gasteiger partial charge in [-0.3, -0.25) is 4.79 Å². The molecule has 0 saturated carbocycles. The van der Waals surface area contributed by atoms with E-state index in [1.807, 2.05) is 20.8 Å². The molecule has 128 valence electrons. The van der Waals surface area contributed by atoms with Crippen molar-refractivity contribution in [1.29, 1.82) is 0 Å². The smallest absolute Gasteiger partial charge is 0.254 e. The van der Waals surface area contributed by atoms with E-state index in [1.54, 1.807) is 17.0 Å². The lowest BCUT2D eigenvalue weighted by molar-refractivity contribution is 0.0361. The van der Waals surface area contributed by atoms with Gasteiger partial charge in [-0.05, 0) is 32.9 Å². The quantitative estimate of drug-likeness (QED) is 0.792. The maximum atomic E-state index is 12.6. The van der Waals surface area contributed by atoms with E-state index >= 15 is 0 Å². The minimum absolute atomic E-state index is 0.0837. The van der Waals surface area contributed by atoms with E-state index in [-0.39, 0.29) is 18.4 Å². The Hall–Kier alpha value is -1.95. The summed E-state index contributed by atoms with van der Waals surface area (Å²) in [5.74, 6) is 1.66. The molecule has 1 aromatic carbocycles. The number of rotatable bonds is 8. The van der Waals surface area contributed by atoms with Crippen LogP contribution in [0.3, 0.4) is 0 Å². The first-order valence-electron chi connectivity index (χ1n) is 8.11. The van der Waals surface area contributed by atoms with Crippen LogP contribution in [0.2, 0.25) is 0 Å². The molecule has 0 radical (unpaired) electrons. The predicted molar refractivity (Wildman–Crippen MR) is 86.4 cm³/mol. The van der Waals surface area contributed by atoms with Crippen molar-refractivity contribution in [2.45, 2.75) is 20.8 Å². The minimum Gasteiger partial charge on any atom is -0.490 e. The highest BCUT2D eigenvalue weighted by Crippen LogP contribution is 2.39. The molecule has 23 heavy (non-hydrogen) atoms. The monoisotopic (exact) mass is 323 g/mol. The predicted octanol–water partition coefficient (Wildman–Crippen LogP) is 1.95. The normalized spacial score (nSPS) is 14.3. The van der Waals surface area contributed by atoms with Crippen LogP contribution in [0.1, 0.15) is 31.1 Å². The molecule has 1 amide bonds. The number of hydrogen-bond acceptors (Lipinski definition) is 5. The molecule has 0 spiro atoms. The molecule has 0 bridgehead atoms. The standard InChI is InChI=1S/C17H25NO5/c1-4-21-14-7-13(17(20)18-9-12(10-18)11-19)8-15(22-5-2)16(14)23-6-3/h7-8,12,19H,4-6,9-11H2,1-3H3. The summed E-state index contributed by atoms with van der Waals surface area (Å²) in [7, 11) is 0. The van der Waals surface area contributed by atoms with Crippen molar-refractivity contribution >= 4 is 5.91 Å². The molecular formula is C17H25NO5. The lowest BCUT2D eigenvalue weighted by Gasteiger charge is -2.38. The van der Waals surface area contributed by atoms with Crippen molar-refractivity contribution in [1.82, 2.24) is 4.90 Å². The summed E-state index contributed by atoms with van der Waals surface area (Å²) >= 11 is 0. The SMILES string of the molecule is CCOc1cc(C(=O)N2CC(CO)C2)cc(OCC)c1OCC. The molecule has 0 aliphatic carbocycles. The molecule has 1 heterocycles. The fourth-order valence-corrected chi connectivity index (χ4v) is 2.55. The molecule has 1 aromatic rings. The molecule has 1 aliphatic rings. The van der Waals surface area contributed by atoms with Crippen LogP contribution in [-0.4, -0.2) is 55.4 Å². The van der Waals surface area contributed by atoms with E-state index in [0.29, 0.717) is 55.7 Å². The van der Waals surface area contributed by atoms with Crippen LogP contribution in [0, 0.1) is 5.92 Å². The van der Waals surface area contributed by atoms with Crippen LogP contribution in [0.4, 0.5) is 0 Å². The zero-order valence-corrected chi connectivity index (χ0v) is 14.0. The molecule has 6 heteroatoms. The van der Waals surface area contributed by atoms with Crippen LogP contribution in [-0.2, 0) is 0 Å². The molecule has 0 aromatic heterocycles. The number of hydrogen-bond donors (Lipinski definition) is 1. The fourth-order valence-electron chi connectivity index (χ4n) is 2.55. The number of ether oxygens (including phenoxy) is 3. The number of amides is 1. The molecule has 1 N–H and O–H groups in total. The van der Waals surface area contributed by atoms with E-state index in [1.165, 1.54) is 0 Å². The van der Waals surface area contributed by atoms with Crippen LogP contribution >= 0.6 is 0 Å². The lowest BCUT2D eigenvalue weighted by Crippen LogP contribution is -2.51. The second-order valence-electron chi connectivity index (χ2n) is 5.36. The average Bonchev–Trinajstić information content (AvgIpc) is 2.49. The Kier molecular flexibility index (Phi) is 6.10. The molecule has 1 fully saturated rings. The van der Waals surface area contributed by atoms with Gasteiger partial charge in [-0.15, -0.1) is 0 Å². The van der Waals surface area contributed by atoms with E-state index in [2.05, 4.69) is 0 Å². The minimum atomic E-state index is -0.0837. The summed E-state index contributed by atoms with van der Waals surface area (Å²) in [6, 6.07) is 3.40. The Morgan fingerprint density at radius 1 is 1.09 bits per heavy atom. The van der Waals surface area contributed by atoms with Crippen molar-refractivity contribution in [2.75, 3.05) is 39.5 Å². The van der Waals surface area contributed by atoms with Gasteiger partial charge in [0.05, 0.1) is 19.8 Å². The van der Waals surface area contributed by atoms with Crippen LogP contribution < -0.4 is 14.2 Å². The van der Waals surface area contributed by atoms with Gasteiger partial charge in [0.1, 0.15) is 0 Å². The van der Waals surface area contributed by atoms with Crippen molar-refractivity contribution in [3.8, 4) is 17.2 Å². The van der Waals surface area contributed by atoms with E-state index in [0.717, 1.165) is 0 Å². The Labute approximate surface area is 136 Å². The Morgan fingerprint density at radius 3 is 2.04 bits per heavy atom. The maximum Gasteiger partial charge on any atom is 0.254 e. The molecule has 1 aliphatic heterocycles. The first-order chi connectivity index (χ1) is 11.1. The Morgan fingerprint density at radius 2 is 1.61 bits per heavy atom. The van der Waals surface area contributed by atoms with Gasteiger partial charge >= 0.3 is 0 Å². The van der Waals surface area contributed by atoms with Crippen LogP contribution in [0.15, 0.2) is 12.1 Å². The Balaban J connectivity index is 2.30. The summed E-state index contributed by atoms with van der Waals surface area (Å²) in [6.07, 6.45) is 0. The van der Waals surface area contributed by atoms with E-state index in [9.17, 15) is 4.79 Å². The highest BCUT2D eigenvalue weighted by molar-refractivity contribution is 5.96. The number of nitrogens with zero attached hydrogens (tertiary/aromatic N) is 1. The second kappa shape index (κ2) is 8.06. The highest BCUT2D eigenvalue weighted by Gasteiger charge is 2.31. The zero-order chi connectivity index (χ0) is 16.8. The largest absolute Gasteiger partial charge is 0.490 e. The van der Waals surface area contributed by atoms with Gasteiger partial charge in [-0.25, -0.2) is 0 Å². The number of aliphatic hydroxyl groups excluding tert-OH is 1. The first-order valence-corrected chi connectivity index (χ1v) is 8.11. The number of likely N-dealkylation sites (tertiary alicyclic amines) is 1. The van der Waals surface area contributed by atoms with Gasteiger partial charge in [0.2, 0.25) is 5.75 Å². The van der Waals surface area contributed by atoms with E-state index in [4.69, 9.17) is 19.3 Å². The maximum absolute atomic E-state index is 12.6. The van der Waals surface area contributed by atoms with E-state index < -0.39 is 0 Å². The van der Waals surface area contributed by atoms with Gasteiger partial charge in [0.25, 0.3) is 5.91 Å². The van der Waals surface area contributed by atoms with Crippen molar-refractivity contribution in [2.24, 2.45) is 5.92 Å². The molecular weight excluding hydrogens is 298 g/mol. The summed E-state index contributed by atoms with van der Waals surface area (Å²) in [4.78, 5) is 14.3. The number of aliphatic hydroxyl groups is 1. The number of carbonyl (C=O) groups excluding carboxylic acids is 1. The van der Waals surface area contributed by atoms with Gasteiger partial charge < -0.3 is 24.2 Å². The fraction of sp³-hybridized carbons (Fsp3) is 0.588. The summed E-state index contributed by atoms with van der Waals surface area (Å²) in [5, 5.41) is 9.09. The highest BCUT2D eigenvalue weighted by atomic mass is 16.5. The number of benzene rings is 1. The third-order valence-corrected chi connectivity index (χ3v) is 3.66. The summed E-state index contributed by atoms with van der Waals surface area (Å²) in [5.41, 5.74) is 0.511. The molecule has 1 saturated heterocycles. The lowest BCUT2D eigenvalue weighted by atomic mass is 10.00. The van der Waals surface area contributed by atoms with Crippen molar-refractivity contribution in [3.05, 3.63) is 17.7 Å². The summed E-state index contributed by atoms with van der Waals surface area (Å²) in [6.45, 7) is 8.35. The third kappa shape index (κ3) is 3.88. The molecule has 0 atom stereocenters. The van der Waals surface area contributed by atoms with Crippen LogP contribution in [0.5, 0.6) is 17.2 Å². The van der Waals surface area contributed by atoms with Gasteiger partial charge in [-0.1, -0.05) is 0 Å². The second-order valence-corrected chi connectivity index (χ2v) is 5.36. The van der Waals surface area contributed by atoms with Gasteiger partial charge in [0.15, 0.2) is 11.5 Å². The Bertz CT molecular complexity index is 513. The molecule has 0 unspecified atom stereocenters. The third-order valence-electron chi connectivity index (χ3n) is 3.66. The molecule has 6 nitrogen and oxygen atoms in total.